The van der Waals surface area contributed by atoms with Crippen molar-refractivity contribution >= 4 is 15.7 Å². The Balaban J connectivity index is 1.85. The van der Waals surface area contributed by atoms with Gasteiger partial charge in [-0.3, -0.25) is 4.79 Å². The first-order chi connectivity index (χ1) is 13.0. The molecule has 0 spiro atoms. The second-order valence-corrected chi connectivity index (χ2v) is 9.06. The molecule has 0 fully saturated rings. The van der Waals surface area contributed by atoms with Crippen molar-refractivity contribution in [1.82, 2.24) is 4.90 Å². The molecular weight excluding hydrogens is 358 g/mol. The average molecular weight is 375 g/mol. The van der Waals surface area contributed by atoms with Crippen LogP contribution in [0.3, 0.4) is 0 Å². The van der Waals surface area contributed by atoms with Crippen molar-refractivity contribution in [2.24, 2.45) is 0 Å². The molecule has 2 atom stereocenters. The third-order valence-corrected chi connectivity index (χ3v) is 7.73. The van der Waals surface area contributed by atoms with Crippen LogP contribution in [0.5, 0.6) is 0 Å². The highest BCUT2D eigenvalue weighted by Crippen LogP contribution is 2.55. The van der Waals surface area contributed by atoms with Crippen LogP contribution in [0.2, 0.25) is 0 Å². The molecule has 5 heteroatoms. The normalized spacial score (nSPS) is 20.3. The number of hydrogen-bond donors (Lipinski definition) is 0. The van der Waals surface area contributed by atoms with Gasteiger partial charge in [-0.05, 0) is 40.5 Å². The summed E-state index contributed by atoms with van der Waals surface area (Å²) in [6.07, 6.45) is 0. The number of carbonyl (C=O) groups is 1. The Morgan fingerprint density at radius 3 is 2.19 bits per heavy atom. The largest absolute Gasteiger partial charge is 0.333 e. The van der Waals surface area contributed by atoms with Crippen molar-refractivity contribution in [3.63, 3.8) is 0 Å². The summed E-state index contributed by atoms with van der Waals surface area (Å²) in [5.41, 5.74) is 4.01. The summed E-state index contributed by atoms with van der Waals surface area (Å²) in [5.74, 6) is -0.127. The molecule has 3 aromatic rings. The smallest absolute Gasteiger partial charge is 0.254 e. The fourth-order valence-electron chi connectivity index (χ4n) is 4.42. The molecule has 27 heavy (non-hydrogen) atoms. The van der Waals surface area contributed by atoms with E-state index in [0.29, 0.717) is 5.56 Å². The van der Waals surface area contributed by atoms with Gasteiger partial charge in [-0.2, -0.15) is 0 Å². The van der Waals surface area contributed by atoms with Crippen LogP contribution in [0.4, 0.5) is 0 Å². The molecule has 134 valence electrons. The first-order valence-electron chi connectivity index (χ1n) is 8.80. The third kappa shape index (κ3) is 2.09. The van der Waals surface area contributed by atoms with E-state index in [1.165, 1.54) is 0 Å². The predicted octanol–water partition coefficient (Wildman–Crippen LogP) is 4.01. The Bertz CT molecular complexity index is 1190. The molecule has 1 heterocycles. The molecule has 0 saturated heterocycles. The summed E-state index contributed by atoms with van der Waals surface area (Å²) in [6.45, 7) is 0. The highest BCUT2D eigenvalue weighted by molar-refractivity contribution is 7.91. The van der Waals surface area contributed by atoms with Gasteiger partial charge in [0, 0.05) is 12.6 Å². The van der Waals surface area contributed by atoms with Gasteiger partial charge in [0.15, 0.2) is 9.84 Å². The van der Waals surface area contributed by atoms with Gasteiger partial charge in [-0.25, -0.2) is 8.42 Å². The highest BCUT2D eigenvalue weighted by atomic mass is 32.2. The number of rotatable bonds is 2. The van der Waals surface area contributed by atoms with Gasteiger partial charge in [-0.15, -0.1) is 0 Å². The van der Waals surface area contributed by atoms with Gasteiger partial charge in [0.2, 0.25) is 0 Å². The topological polar surface area (TPSA) is 54.5 Å². The minimum Gasteiger partial charge on any atom is -0.333 e. The van der Waals surface area contributed by atoms with Crippen molar-refractivity contribution in [2.75, 3.05) is 7.05 Å². The molecule has 3 aromatic carbocycles. The molecule has 1 aliphatic carbocycles. The number of amides is 1. The van der Waals surface area contributed by atoms with E-state index >= 15 is 0 Å². The molecule has 0 saturated carbocycles. The Labute approximate surface area is 158 Å². The molecule has 4 nitrogen and oxygen atoms in total. The summed E-state index contributed by atoms with van der Waals surface area (Å²) < 4.78 is 27.3. The number of nitrogens with zero attached hydrogens (tertiary/aromatic N) is 1. The maximum atomic E-state index is 13.7. The van der Waals surface area contributed by atoms with E-state index in [-0.39, 0.29) is 10.8 Å². The third-order valence-electron chi connectivity index (χ3n) is 5.62. The highest BCUT2D eigenvalue weighted by Gasteiger charge is 2.50. The molecular formula is C22H17NO3S. The van der Waals surface area contributed by atoms with Crippen molar-refractivity contribution in [3.05, 3.63) is 89.5 Å². The number of carbonyl (C=O) groups excluding carboxylic acids is 1. The van der Waals surface area contributed by atoms with Gasteiger partial charge in [-0.1, -0.05) is 54.6 Å². The zero-order valence-electron chi connectivity index (χ0n) is 14.7. The van der Waals surface area contributed by atoms with Crippen LogP contribution in [0.25, 0.3) is 11.1 Å². The van der Waals surface area contributed by atoms with Crippen molar-refractivity contribution in [1.29, 1.82) is 0 Å². The number of fused-ring (bicyclic) bond motifs is 2. The quantitative estimate of drug-likeness (QED) is 0.680. The maximum Gasteiger partial charge on any atom is 0.254 e. The van der Waals surface area contributed by atoms with Crippen LogP contribution in [0.15, 0.2) is 77.7 Å². The van der Waals surface area contributed by atoms with Crippen LogP contribution in [0, 0.1) is 0 Å². The Morgan fingerprint density at radius 2 is 1.41 bits per heavy atom. The van der Waals surface area contributed by atoms with E-state index in [0.717, 1.165) is 22.3 Å². The minimum atomic E-state index is -3.70. The van der Waals surface area contributed by atoms with E-state index in [1.807, 2.05) is 36.4 Å². The average Bonchev–Trinajstić information content (AvgIpc) is 2.95. The standard InChI is InChI=1S/C22H17NO3S/c1-23-20-19-16(12-7-13-18(19)22(23)24)15-10-5-6-11-17(15)21(20)27(25,26)14-8-3-2-4-9-14/h2-13,20-21H,1H3/t20-,21?/m0/s1. The lowest BCUT2D eigenvalue weighted by molar-refractivity contribution is 0.0770. The van der Waals surface area contributed by atoms with Crippen molar-refractivity contribution in [2.45, 2.75) is 16.2 Å². The fourth-order valence-corrected chi connectivity index (χ4v) is 6.45. The number of sulfone groups is 1. The Hall–Kier alpha value is -2.92. The van der Waals surface area contributed by atoms with Crippen LogP contribution >= 0.6 is 0 Å². The summed E-state index contributed by atoms with van der Waals surface area (Å²) in [5, 5.41) is -0.832. The molecule has 0 aromatic heterocycles. The SMILES string of the molecule is CN1C(=O)c2cccc3c2[C@H]1C(S(=O)(=O)c1ccccc1)c1ccccc1-3. The molecule has 0 radical (unpaired) electrons. The lowest BCUT2D eigenvalue weighted by Crippen LogP contribution is -2.33. The van der Waals surface area contributed by atoms with Gasteiger partial charge >= 0.3 is 0 Å². The maximum absolute atomic E-state index is 13.7. The number of benzene rings is 3. The minimum absolute atomic E-state index is 0.127. The molecule has 5 rings (SSSR count). The summed E-state index contributed by atoms with van der Waals surface area (Å²) in [6, 6.07) is 21.2. The molecule has 2 aliphatic rings. The van der Waals surface area contributed by atoms with Gasteiger partial charge < -0.3 is 4.90 Å². The monoisotopic (exact) mass is 375 g/mol. The molecule has 1 aliphatic heterocycles. The van der Waals surface area contributed by atoms with Crippen molar-refractivity contribution < 1.29 is 13.2 Å². The van der Waals surface area contributed by atoms with Crippen LogP contribution in [0.1, 0.15) is 32.8 Å². The van der Waals surface area contributed by atoms with E-state index in [1.54, 1.807) is 48.3 Å². The predicted molar refractivity (Wildman–Crippen MR) is 103 cm³/mol. The lowest BCUT2D eigenvalue weighted by atomic mass is 9.81. The molecule has 1 unspecified atom stereocenters. The number of hydrogen-bond acceptors (Lipinski definition) is 3. The number of likely N-dealkylation sites (N-methyl/N-ethyl adjacent to an activating group) is 1. The van der Waals surface area contributed by atoms with Gasteiger partial charge in [0.1, 0.15) is 5.25 Å². The summed E-state index contributed by atoms with van der Waals surface area (Å²) in [7, 11) is -2.00. The second kappa shape index (κ2) is 5.54. The van der Waals surface area contributed by atoms with E-state index in [2.05, 4.69) is 0 Å². The van der Waals surface area contributed by atoms with Crippen LogP contribution in [-0.4, -0.2) is 26.3 Å². The molecule has 0 N–H and O–H groups in total. The second-order valence-electron chi connectivity index (χ2n) is 6.99. The van der Waals surface area contributed by atoms with Crippen LogP contribution < -0.4 is 0 Å². The lowest BCUT2D eigenvalue weighted by Gasteiger charge is -2.35. The van der Waals surface area contributed by atoms with Crippen LogP contribution in [-0.2, 0) is 9.84 Å². The Kier molecular flexibility index (Phi) is 3.34. The zero-order chi connectivity index (χ0) is 18.8. The van der Waals surface area contributed by atoms with E-state index < -0.39 is 21.1 Å². The Morgan fingerprint density at radius 1 is 0.778 bits per heavy atom. The zero-order valence-corrected chi connectivity index (χ0v) is 15.5. The first-order valence-corrected chi connectivity index (χ1v) is 10.3. The molecule has 1 amide bonds. The van der Waals surface area contributed by atoms with E-state index in [9.17, 15) is 13.2 Å². The fraction of sp³-hybridized carbons (Fsp3) is 0.136. The van der Waals surface area contributed by atoms with Crippen molar-refractivity contribution in [3.8, 4) is 11.1 Å². The van der Waals surface area contributed by atoms with E-state index in [4.69, 9.17) is 0 Å². The summed E-state index contributed by atoms with van der Waals surface area (Å²) >= 11 is 0. The van der Waals surface area contributed by atoms with Gasteiger partial charge in [0.25, 0.3) is 5.91 Å². The summed E-state index contributed by atoms with van der Waals surface area (Å²) in [4.78, 5) is 14.7. The first kappa shape index (κ1) is 16.3. The van der Waals surface area contributed by atoms with Gasteiger partial charge in [0.05, 0.1) is 10.9 Å². The molecule has 0 bridgehead atoms.